The third-order valence-electron chi connectivity index (χ3n) is 3.86. The number of rotatable bonds is 4. The second kappa shape index (κ2) is 5.52. The SMILES string of the molecule is Cc1csc(CCN2CCC(=O)NC(C3CC3)C2=O)n1. The van der Waals surface area contributed by atoms with Crippen LogP contribution >= 0.6 is 11.3 Å². The molecule has 1 aliphatic carbocycles. The van der Waals surface area contributed by atoms with Crippen LogP contribution in [-0.4, -0.2) is 40.8 Å². The molecule has 2 fully saturated rings. The zero-order valence-corrected chi connectivity index (χ0v) is 12.4. The molecular weight excluding hydrogens is 274 g/mol. The van der Waals surface area contributed by atoms with Crippen molar-refractivity contribution in [2.24, 2.45) is 5.92 Å². The van der Waals surface area contributed by atoms with Gasteiger partial charge in [0.2, 0.25) is 11.8 Å². The van der Waals surface area contributed by atoms with Gasteiger partial charge in [0.1, 0.15) is 6.04 Å². The first kappa shape index (κ1) is 13.5. The van der Waals surface area contributed by atoms with Crippen molar-refractivity contribution >= 4 is 23.2 Å². The summed E-state index contributed by atoms with van der Waals surface area (Å²) in [6.45, 7) is 3.16. The maximum Gasteiger partial charge on any atom is 0.245 e. The fraction of sp³-hybridized carbons (Fsp3) is 0.643. The number of aryl methyl sites for hydroxylation is 1. The lowest BCUT2D eigenvalue weighted by Crippen LogP contribution is -2.46. The van der Waals surface area contributed by atoms with Gasteiger partial charge in [-0.05, 0) is 25.7 Å². The largest absolute Gasteiger partial charge is 0.344 e. The first-order chi connectivity index (χ1) is 9.63. The van der Waals surface area contributed by atoms with Gasteiger partial charge in [0.25, 0.3) is 0 Å². The third kappa shape index (κ3) is 3.00. The smallest absolute Gasteiger partial charge is 0.245 e. The number of aromatic nitrogens is 1. The Kier molecular flexibility index (Phi) is 3.74. The van der Waals surface area contributed by atoms with Crippen LogP contribution in [0.2, 0.25) is 0 Å². The molecule has 0 spiro atoms. The van der Waals surface area contributed by atoms with Crippen molar-refractivity contribution < 1.29 is 9.59 Å². The molecule has 2 aliphatic rings. The predicted molar refractivity (Wildman–Crippen MR) is 76.4 cm³/mol. The van der Waals surface area contributed by atoms with Gasteiger partial charge in [-0.25, -0.2) is 4.98 Å². The van der Waals surface area contributed by atoms with Crippen molar-refractivity contribution in [1.29, 1.82) is 0 Å². The topological polar surface area (TPSA) is 62.3 Å². The van der Waals surface area contributed by atoms with Crippen molar-refractivity contribution in [3.63, 3.8) is 0 Å². The van der Waals surface area contributed by atoms with Gasteiger partial charge in [-0.1, -0.05) is 0 Å². The van der Waals surface area contributed by atoms with E-state index >= 15 is 0 Å². The molecule has 20 heavy (non-hydrogen) atoms. The molecule has 1 saturated heterocycles. The van der Waals surface area contributed by atoms with E-state index < -0.39 is 0 Å². The van der Waals surface area contributed by atoms with Crippen LogP contribution in [0.25, 0.3) is 0 Å². The minimum absolute atomic E-state index is 0.00263. The Morgan fingerprint density at radius 1 is 1.45 bits per heavy atom. The number of carbonyl (C=O) groups is 2. The second-order valence-electron chi connectivity index (χ2n) is 5.59. The van der Waals surface area contributed by atoms with E-state index in [1.165, 1.54) is 0 Å². The van der Waals surface area contributed by atoms with E-state index in [9.17, 15) is 9.59 Å². The Hall–Kier alpha value is -1.43. The van der Waals surface area contributed by atoms with Crippen LogP contribution in [0.5, 0.6) is 0 Å². The van der Waals surface area contributed by atoms with Crippen LogP contribution in [0.15, 0.2) is 5.38 Å². The Morgan fingerprint density at radius 3 is 2.90 bits per heavy atom. The summed E-state index contributed by atoms with van der Waals surface area (Å²) >= 11 is 1.63. The van der Waals surface area contributed by atoms with Gasteiger partial charge in [0, 0.05) is 37.0 Å². The quantitative estimate of drug-likeness (QED) is 0.905. The average Bonchev–Trinajstić information content (AvgIpc) is 3.19. The van der Waals surface area contributed by atoms with E-state index in [1.807, 2.05) is 17.2 Å². The highest BCUT2D eigenvalue weighted by atomic mass is 32.1. The lowest BCUT2D eigenvalue weighted by Gasteiger charge is -2.23. The van der Waals surface area contributed by atoms with Gasteiger partial charge in [0.05, 0.1) is 5.01 Å². The molecule has 1 saturated carbocycles. The van der Waals surface area contributed by atoms with E-state index in [0.717, 1.165) is 30.0 Å². The molecule has 2 amide bonds. The van der Waals surface area contributed by atoms with Crippen molar-refractivity contribution in [3.05, 3.63) is 16.1 Å². The molecule has 1 atom stereocenters. The van der Waals surface area contributed by atoms with Gasteiger partial charge < -0.3 is 10.2 Å². The summed E-state index contributed by atoms with van der Waals surface area (Å²) in [7, 11) is 0. The molecular formula is C14H19N3O2S. The molecule has 1 aliphatic heterocycles. The minimum Gasteiger partial charge on any atom is -0.344 e. The number of amides is 2. The highest BCUT2D eigenvalue weighted by Gasteiger charge is 2.40. The zero-order chi connectivity index (χ0) is 14.1. The summed E-state index contributed by atoms with van der Waals surface area (Å²) in [5.41, 5.74) is 1.03. The Bertz CT molecular complexity index is 524. The van der Waals surface area contributed by atoms with E-state index in [1.54, 1.807) is 11.3 Å². The van der Waals surface area contributed by atoms with Gasteiger partial charge in [0.15, 0.2) is 0 Å². The summed E-state index contributed by atoms with van der Waals surface area (Å²) in [6, 6.07) is -0.289. The second-order valence-corrected chi connectivity index (χ2v) is 6.53. The van der Waals surface area contributed by atoms with Gasteiger partial charge >= 0.3 is 0 Å². The maximum atomic E-state index is 12.5. The van der Waals surface area contributed by atoms with Crippen molar-refractivity contribution in [2.75, 3.05) is 13.1 Å². The normalized spacial score (nSPS) is 23.6. The number of nitrogens with zero attached hydrogens (tertiary/aromatic N) is 2. The summed E-state index contributed by atoms with van der Waals surface area (Å²) < 4.78 is 0. The van der Waals surface area contributed by atoms with E-state index in [-0.39, 0.29) is 17.9 Å². The molecule has 0 bridgehead atoms. The molecule has 1 aromatic rings. The molecule has 1 N–H and O–H groups in total. The van der Waals surface area contributed by atoms with Gasteiger partial charge in [-0.3, -0.25) is 9.59 Å². The third-order valence-corrected chi connectivity index (χ3v) is 4.89. The fourth-order valence-corrected chi connectivity index (χ4v) is 3.34. The first-order valence-electron chi connectivity index (χ1n) is 7.12. The number of hydrogen-bond acceptors (Lipinski definition) is 4. The standard InChI is InChI=1S/C14H19N3O2S/c1-9-8-20-12(15-9)5-7-17-6-4-11(18)16-13(14(17)19)10-2-3-10/h8,10,13H,2-7H2,1H3,(H,16,18). The van der Waals surface area contributed by atoms with Crippen LogP contribution in [0.4, 0.5) is 0 Å². The number of thiazole rings is 1. The Labute approximate surface area is 122 Å². The molecule has 2 heterocycles. The van der Waals surface area contributed by atoms with Crippen molar-refractivity contribution in [2.45, 2.75) is 38.6 Å². The van der Waals surface area contributed by atoms with Crippen molar-refractivity contribution in [1.82, 2.24) is 15.2 Å². The fourth-order valence-electron chi connectivity index (χ4n) is 2.57. The lowest BCUT2D eigenvalue weighted by molar-refractivity contribution is -0.134. The maximum absolute atomic E-state index is 12.5. The summed E-state index contributed by atoms with van der Waals surface area (Å²) in [6.07, 6.45) is 3.29. The highest BCUT2D eigenvalue weighted by molar-refractivity contribution is 7.09. The number of carbonyl (C=O) groups excluding carboxylic acids is 2. The average molecular weight is 293 g/mol. The molecule has 108 valence electrons. The number of hydrogen-bond donors (Lipinski definition) is 1. The van der Waals surface area contributed by atoms with Crippen LogP contribution in [0.3, 0.4) is 0 Å². The molecule has 1 unspecified atom stereocenters. The molecule has 5 nitrogen and oxygen atoms in total. The van der Waals surface area contributed by atoms with Gasteiger partial charge in [-0.2, -0.15) is 0 Å². The number of nitrogens with one attached hydrogen (secondary N) is 1. The molecule has 1 aromatic heterocycles. The van der Waals surface area contributed by atoms with E-state index in [2.05, 4.69) is 10.3 Å². The molecule has 6 heteroatoms. The summed E-state index contributed by atoms with van der Waals surface area (Å²) in [5, 5.41) is 5.96. The Morgan fingerprint density at radius 2 is 2.25 bits per heavy atom. The van der Waals surface area contributed by atoms with E-state index in [4.69, 9.17) is 0 Å². The van der Waals surface area contributed by atoms with E-state index in [0.29, 0.717) is 25.4 Å². The lowest BCUT2D eigenvalue weighted by atomic mass is 10.1. The van der Waals surface area contributed by atoms with Crippen molar-refractivity contribution in [3.8, 4) is 0 Å². The predicted octanol–water partition coefficient (Wildman–Crippen LogP) is 1.12. The minimum atomic E-state index is -0.289. The van der Waals surface area contributed by atoms with Crippen LogP contribution in [0.1, 0.15) is 30.0 Å². The molecule has 0 radical (unpaired) electrons. The zero-order valence-electron chi connectivity index (χ0n) is 11.6. The highest BCUT2D eigenvalue weighted by Crippen LogP contribution is 2.34. The molecule has 3 rings (SSSR count). The van der Waals surface area contributed by atoms with Crippen LogP contribution in [-0.2, 0) is 16.0 Å². The van der Waals surface area contributed by atoms with Gasteiger partial charge in [-0.15, -0.1) is 11.3 Å². The molecule has 0 aromatic carbocycles. The Balaban J connectivity index is 1.64. The summed E-state index contributed by atoms with van der Waals surface area (Å²) in [5.74, 6) is 0.448. The monoisotopic (exact) mass is 293 g/mol. The summed E-state index contributed by atoms with van der Waals surface area (Å²) in [4.78, 5) is 30.4. The first-order valence-corrected chi connectivity index (χ1v) is 8.00. The van der Waals surface area contributed by atoms with Crippen LogP contribution < -0.4 is 5.32 Å². The van der Waals surface area contributed by atoms with Crippen LogP contribution in [0, 0.1) is 12.8 Å².